The number of aromatic nitrogens is 2. The van der Waals surface area contributed by atoms with Crippen molar-refractivity contribution in [2.24, 2.45) is 5.41 Å². The maximum Gasteiger partial charge on any atom is 0.309 e. The lowest BCUT2D eigenvalue weighted by atomic mass is 9.80. The normalized spacial score (nSPS) is 18.1. The minimum absolute atomic E-state index is 0.476. The number of aliphatic carboxylic acids is 1. The average molecular weight is 246 g/mol. The molecule has 1 aliphatic rings. The van der Waals surface area contributed by atoms with E-state index in [1.165, 1.54) is 6.20 Å². The molecule has 0 amide bonds. The maximum absolute atomic E-state index is 11.1. The summed E-state index contributed by atoms with van der Waals surface area (Å²) in [7, 11) is 0. The van der Waals surface area contributed by atoms with Crippen molar-refractivity contribution in [2.75, 3.05) is 18.0 Å². The molecule has 2 rings (SSSR count). The van der Waals surface area contributed by atoms with Gasteiger partial charge in [0.2, 0.25) is 0 Å². The van der Waals surface area contributed by atoms with Crippen LogP contribution in [-0.2, 0) is 4.79 Å². The van der Waals surface area contributed by atoms with E-state index >= 15 is 0 Å². The Morgan fingerprint density at radius 2 is 2.22 bits per heavy atom. The average Bonchev–Trinajstić information content (AvgIpc) is 2.39. The van der Waals surface area contributed by atoms with Gasteiger partial charge in [-0.05, 0) is 25.8 Å². The van der Waals surface area contributed by atoms with Crippen LogP contribution in [0.25, 0.3) is 0 Å². The quantitative estimate of drug-likeness (QED) is 0.838. The molecule has 0 spiro atoms. The van der Waals surface area contributed by atoms with Gasteiger partial charge in [-0.1, -0.05) is 0 Å². The van der Waals surface area contributed by atoms with Crippen molar-refractivity contribution < 1.29 is 9.90 Å². The topological polar surface area (TPSA) is 90.1 Å². The van der Waals surface area contributed by atoms with E-state index < -0.39 is 11.4 Å². The Balaban J connectivity index is 2.15. The molecule has 0 aliphatic carbocycles. The molecule has 0 aromatic carbocycles. The van der Waals surface area contributed by atoms with Gasteiger partial charge >= 0.3 is 5.97 Å². The summed E-state index contributed by atoms with van der Waals surface area (Å²) in [5.41, 5.74) is -0.199. The maximum atomic E-state index is 11.1. The SMILES string of the molecule is CC1(C(=O)O)CCN(c2nnccc2C#N)CC1. The van der Waals surface area contributed by atoms with E-state index in [-0.39, 0.29) is 0 Å². The molecule has 1 aliphatic heterocycles. The largest absolute Gasteiger partial charge is 0.481 e. The van der Waals surface area contributed by atoms with Gasteiger partial charge in [0.05, 0.1) is 17.2 Å². The molecule has 0 atom stereocenters. The summed E-state index contributed by atoms with van der Waals surface area (Å²) in [6, 6.07) is 3.69. The lowest BCUT2D eigenvalue weighted by Gasteiger charge is -2.37. The molecule has 0 unspecified atom stereocenters. The molecule has 18 heavy (non-hydrogen) atoms. The van der Waals surface area contributed by atoms with Crippen molar-refractivity contribution in [3.8, 4) is 6.07 Å². The first-order valence-electron chi connectivity index (χ1n) is 5.77. The van der Waals surface area contributed by atoms with Crippen molar-refractivity contribution in [2.45, 2.75) is 19.8 Å². The lowest BCUT2D eigenvalue weighted by Crippen LogP contribution is -2.43. The number of carbonyl (C=O) groups is 1. The van der Waals surface area contributed by atoms with Crippen molar-refractivity contribution in [1.29, 1.82) is 5.26 Å². The number of hydrogen-bond donors (Lipinski definition) is 1. The van der Waals surface area contributed by atoms with Crippen LogP contribution in [0.2, 0.25) is 0 Å². The number of carboxylic acid groups (broad SMARTS) is 1. The molecule has 1 saturated heterocycles. The molecule has 1 N–H and O–H groups in total. The molecule has 0 bridgehead atoms. The fraction of sp³-hybridized carbons (Fsp3) is 0.500. The highest BCUT2D eigenvalue weighted by Crippen LogP contribution is 2.33. The molecular weight excluding hydrogens is 232 g/mol. The number of nitriles is 1. The third-order valence-electron chi connectivity index (χ3n) is 3.50. The molecular formula is C12H14N4O2. The summed E-state index contributed by atoms with van der Waals surface area (Å²) in [4.78, 5) is 13.1. The van der Waals surface area contributed by atoms with E-state index in [1.807, 2.05) is 4.90 Å². The Morgan fingerprint density at radius 3 is 2.78 bits per heavy atom. The number of hydrogen-bond acceptors (Lipinski definition) is 5. The van der Waals surface area contributed by atoms with Crippen LogP contribution in [0.1, 0.15) is 25.3 Å². The van der Waals surface area contributed by atoms with Crippen LogP contribution in [0, 0.1) is 16.7 Å². The molecule has 1 fully saturated rings. The van der Waals surface area contributed by atoms with E-state index in [1.54, 1.807) is 13.0 Å². The van der Waals surface area contributed by atoms with Crippen molar-refractivity contribution >= 4 is 11.8 Å². The zero-order valence-corrected chi connectivity index (χ0v) is 10.1. The first-order valence-corrected chi connectivity index (χ1v) is 5.77. The van der Waals surface area contributed by atoms with Crippen LogP contribution in [0.15, 0.2) is 12.3 Å². The second-order valence-corrected chi connectivity index (χ2v) is 4.73. The molecule has 2 heterocycles. The highest BCUT2D eigenvalue weighted by molar-refractivity contribution is 5.74. The molecule has 0 radical (unpaired) electrons. The van der Waals surface area contributed by atoms with Gasteiger partial charge in [0.25, 0.3) is 0 Å². The minimum atomic E-state index is -0.762. The highest BCUT2D eigenvalue weighted by atomic mass is 16.4. The van der Waals surface area contributed by atoms with Gasteiger partial charge < -0.3 is 10.0 Å². The Morgan fingerprint density at radius 1 is 1.56 bits per heavy atom. The third kappa shape index (κ3) is 2.12. The van der Waals surface area contributed by atoms with E-state index in [4.69, 9.17) is 10.4 Å². The summed E-state index contributed by atoms with van der Waals surface area (Å²) >= 11 is 0. The fourth-order valence-corrected chi connectivity index (χ4v) is 2.07. The summed E-state index contributed by atoms with van der Waals surface area (Å²) in [6.07, 6.45) is 2.57. The third-order valence-corrected chi connectivity index (χ3v) is 3.50. The van der Waals surface area contributed by atoms with Gasteiger partial charge in [0.1, 0.15) is 6.07 Å². The standard InChI is InChI=1S/C12H14N4O2/c1-12(11(17)18)3-6-16(7-4-12)10-9(8-13)2-5-14-15-10/h2,5H,3-4,6-7H2,1H3,(H,17,18). The van der Waals surface area contributed by atoms with Crippen LogP contribution in [0.3, 0.4) is 0 Å². The second kappa shape index (κ2) is 4.61. The second-order valence-electron chi connectivity index (χ2n) is 4.73. The smallest absolute Gasteiger partial charge is 0.309 e. The lowest BCUT2D eigenvalue weighted by molar-refractivity contribution is -0.149. The molecule has 6 nitrogen and oxygen atoms in total. The minimum Gasteiger partial charge on any atom is -0.481 e. The molecule has 0 saturated carbocycles. The van der Waals surface area contributed by atoms with E-state index in [0.29, 0.717) is 37.3 Å². The van der Waals surface area contributed by atoms with Gasteiger partial charge in [-0.3, -0.25) is 4.79 Å². The predicted molar refractivity (Wildman–Crippen MR) is 63.9 cm³/mol. The predicted octanol–water partition coefficient (Wildman–Crippen LogP) is 1.04. The number of anilines is 1. The van der Waals surface area contributed by atoms with Crippen molar-refractivity contribution in [3.63, 3.8) is 0 Å². The summed E-state index contributed by atoms with van der Waals surface area (Å²) in [5.74, 6) is -0.214. The summed E-state index contributed by atoms with van der Waals surface area (Å²) in [6.45, 7) is 2.92. The van der Waals surface area contributed by atoms with Gasteiger partial charge in [-0.2, -0.15) is 10.4 Å². The van der Waals surface area contributed by atoms with Crippen LogP contribution in [0.5, 0.6) is 0 Å². The van der Waals surface area contributed by atoms with Gasteiger partial charge in [0, 0.05) is 13.1 Å². The van der Waals surface area contributed by atoms with Gasteiger partial charge in [-0.25, -0.2) is 0 Å². The Bertz CT molecular complexity index is 501. The monoisotopic (exact) mass is 246 g/mol. The Hall–Kier alpha value is -2.16. The fourth-order valence-electron chi connectivity index (χ4n) is 2.07. The number of carboxylic acids is 1. The Kier molecular flexibility index (Phi) is 3.15. The van der Waals surface area contributed by atoms with Gasteiger partial charge in [0.15, 0.2) is 5.82 Å². The molecule has 1 aromatic heterocycles. The van der Waals surface area contributed by atoms with Crippen LogP contribution in [0.4, 0.5) is 5.82 Å². The zero-order chi connectivity index (χ0) is 13.2. The van der Waals surface area contributed by atoms with Crippen molar-refractivity contribution in [1.82, 2.24) is 10.2 Å². The van der Waals surface area contributed by atoms with Crippen LogP contribution < -0.4 is 4.90 Å². The van der Waals surface area contributed by atoms with Crippen molar-refractivity contribution in [3.05, 3.63) is 17.8 Å². The Labute approximate surface area is 105 Å². The molecule has 94 valence electrons. The molecule has 6 heteroatoms. The highest BCUT2D eigenvalue weighted by Gasteiger charge is 2.37. The zero-order valence-electron chi connectivity index (χ0n) is 10.1. The number of piperidine rings is 1. The molecule has 1 aromatic rings. The summed E-state index contributed by atoms with van der Waals surface area (Å²) in [5, 5.41) is 25.9. The first kappa shape index (κ1) is 12.3. The van der Waals surface area contributed by atoms with E-state index in [0.717, 1.165) is 0 Å². The number of rotatable bonds is 2. The summed E-state index contributed by atoms with van der Waals surface area (Å²) < 4.78 is 0. The van der Waals surface area contributed by atoms with Gasteiger partial charge in [-0.15, -0.1) is 5.10 Å². The van der Waals surface area contributed by atoms with E-state index in [9.17, 15) is 4.79 Å². The number of nitrogens with zero attached hydrogens (tertiary/aromatic N) is 4. The van der Waals surface area contributed by atoms with Crippen LogP contribution in [-0.4, -0.2) is 34.4 Å². The van der Waals surface area contributed by atoms with E-state index in [2.05, 4.69) is 16.3 Å². The van der Waals surface area contributed by atoms with Crippen LogP contribution >= 0.6 is 0 Å². The first-order chi connectivity index (χ1) is 8.57.